The first-order chi connectivity index (χ1) is 6.53. The van der Waals surface area contributed by atoms with Crippen LogP contribution in [0.4, 0.5) is 0 Å². The topological polar surface area (TPSA) is 49.4 Å². The van der Waals surface area contributed by atoms with Gasteiger partial charge in [0.25, 0.3) is 0 Å². The van der Waals surface area contributed by atoms with Gasteiger partial charge in [-0.15, -0.1) is 0 Å². The molecular formula is C9H20N2O2S. The number of nitrogens with zero attached hydrogens (tertiary/aromatic N) is 1. The van der Waals surface area contributed by atoms with Crippen LogP contribution in [-0.2, 0) is 10.0 Å². The second-order valence-electron chi connectivity index (χ2n) is 4.02. The highest BCUT2D eigenvalue weighted by atomic mass is 32.2. The molecule has 0 aromatic rings. The van der Waals surface area contributed by atoms with E-state index in [1.54, 1.807) is 6.92 Å². The van der Waals surface area contributed by atoms with E-state index in [-0.39, 0.29) is 5.75 Å². The zero-order chi connectivity index (χ0) is 10.6. The first kappa shape index (κ1) is 11.9. The lowest BCUT2D eigenvalue weighted by Gasteiger charge is -2.29. The third-order valence-corrected chi connectivity index (χ3v) is 4.06. The Kier molecular flexibility index (Phi) is 4.34. The van der Waals surface area contributed by atoms with Crippen LogP contribution in [-0.4, -0.2) is 45.8 Å². The Bertz CT molecular complexity index is 264. The van der Waals surface area contributed by atoms with Crippen molar-refractivity contribution in [2.75, 3.05) is 32.4 Å². The smallest absolute Gasteiger partial charge is 0.211 e. The van der Waals surface area contributed by atoms with Gasteiger partial charge in [-0.25, -0.2) is 13.1 Å². The minimum absolute atomic E-state index is 0.176. The Morgan fingerprint density at radius 3 is 2.79 bits per heavy atom. The summed E-state index contributed by atoms with van der Waals surface area (Å²) in [4.78, 5) is 2.26. The number of hydrogen-bond acceptors (Lipinski definition) is 3. The molecule has 0 aromatic heterocycles. The van der Waals surface area contributed by atoms with E-state index in [1.807, 2.05) is 0 Å². The largest absolute Gasteiger partial charge is 0.306 e. The zero-order valence-electron chi connectivity index (χ0n) is 8.99. The van der Waals surface area contributed by atoms with Crippen LogP contribution in [0.15, 0.2) is 0 Å². The molecule has 0 bridgehead atoms. The van der Waals surface area contributed by atoms with Crippen LogP contribution in [0.5, 0.6) is 0 Å². The van der Waals surface area contributed by atoms with Gasteiger partial charge in [0.05, 0.1) is 5.75 Å². The molecule has 1 heterocycles. The third kappa shape index (κ3) is 3.94. The number of piperidine rings is 1. The Morgan fingerprint density at radius 2 is 2.21 bits per heavy atom. The molecule has 1 saturated heterocycles. The van der Waals surface area contributed by atoms with E-state index in [9.17, 15) is 8.42 Å². The summed E-state index contributed by atoms with van der Waals surface area (Å²) in [6, 6.07) is 0. The van der Waals surface area contributed by atoms with Crippen LogP contribution >= 0.6 is 0 Å². The molecule has 5 heteroatoms. The van der Waals surface area contributed by atoms with Crippen LogP contribution in [0.3, 0.4) is 0 Å². The number of rotatable bonds is 4. The van der Waals surface area contributed by atoms with Crippen LogP contribution in [0.2, 0.25) is 0 Å². The van der Waals surface area contributed by atoms with Crippen LogP contribution < -0.4 is 4.72 Å². The molecule has 1 rings (SSSR count). The maximum Gasteiger partial charge on any atom is 0.211 e. The summed E-state index contributed by atoms with van der Waals surface area (Å²) in [5.41, 5.74) is 0. The SMILES string of the molecule is CCS(=O)(=O)NCC1CCCN(C)C1. The summed E-state index contributed by atoms with van der Waals surface area (Å²) in [5, 5.41) is 0. The summed E-state index contributed by atoms with van der Waals surface area (Å²) in [6.07, 6.45) is 2.31. The van der Waals surface area contributed by atoms with Crippen molar-refractivity contribution in [3.05, 3.63) is 0 Å². The van der Waals surface area contributed by atoms with Crippen LogP contribution in [0.25, 0.3) is 0 Å². The molecule has 0 amide bonds. The average Bonchev–Trinajstić information content (AvgIpc) is 2.15. The molecular weight excluding hydrogens is 200 g/mol. The van der Waals surface area contributed by atoms with Gasteiger partial charge >= 0.3 is 0 Å². The van der Waals surface area contributed by atoms with Gasteiger partial charge in [0, 0.05) is 13.1 Å². The minimum Gasteiger partial charge on any atom is -0.306 e. The standard InChI is InChI=1S/C9H20N2O2S/c1-3-14(12,13)10-7-9-5-4-6-11(2)8-9/h9-10H,3-8H2,1-2H3. The molecule has 0 aromatic carbocycles. The summed E-state index contributed by atoms with van der Waals surface area (Å²) < 4.78 is 25.0. The fourth-order valence-electron chi connectivity index (χ4n) is 1.79. The molecule has 0 radical (unpaired) electrons. The van der Waals surface area contributed by atoms with E-state index >= 15 is 0 Å². The van der Waals surface area contributed by atoms with Gasteiger partial charge in [0.2, 0.25) is 10.0 Å². The van der Waals surface area contributed by atoms with Crippen LogP contribution in [0.1, 0.15) is 19.8 Å². The summed E-state index contributed by atoms with van der Waals surface area (Å²) in [5.74, 6) is 0.658. The van der Waals surface area contributed by atoms with Crippen molar-refractivity contribution in [1.82, 2.24) is 9.62 Å². The quantitative estimate of drug-likeness (QED) is 0.740. The van der Waals surface area contributed by atoms with E-state index in [0.29, 0.717) is 12.5 Å². The van der Waals surface area contributed by atoms with Gasteiger partial charge in [-0.1, -0.05) is 0 Å². The van der Waals surface area contributed by atoms with E-state index < -0.39 is 10.0 Å². The summed E-state index contributed by atoms with van der Waals surface area (Å²) in [7, 11) is -0.921. The highest BCUT2D eigenvalue weighted by Crippen LogP contribution is 2.13. The Morgan fingerprint density at radius 1 is 1.50 bits per heavy atom. The van der Waals surface area contributed by atoms with Crippen molar-refractivity contribution < 1.29 is 8.42 Å². The van der Waals surface area contributed by atoms with Crippen molar-refractivity contribution in [2.24, 2.45) is 5.92 Å². The maximum atomic E-state index is 11.2. The molecule has 1 aliphatic heterocycles. The lowest BCUT2D eigenvalue weighted by molar-refractivity contribution is 0.211. The summed E-state index contributed by atoms with van der Waals surface area (Å²) >= 11 is 0. The molecule has 1 unspecified atom stereocenters. The van der Waals surface area contributed by atoms with Gasteiger partial charge in [0.15, 0.2) is 0 Å². The maximum absolute atomic E-state index is 11.2. The third-order valence-electron chi connectivity index (χ3n) is 2.69. The van der Waals surface area contributed by atoms with Gasteiger partial charge in [-0.3, -0.25) is 0 Å². The molecule has 0 aliphatic carbocycles. The van der Waals surface area contributed by atoms with E-state index in [4.69, 9.17) is 0 Å². The molecule has 1 atom stereocenters. The molecule has 0 spiro atoms. The fraction of sp³-hybridized carbons (Fsp3) is 1.00. The lowest BCUT2D eigenvalue weighted by atomic mass is 9.99. The highest BCUT2D eigenvalue weighted by Gasteiger charge is 2.18. The van der Waals surface area contributed by atoms with Crippen molar-refractivity contribution in [1.29, 1.82) is 0 Å². The van der Waals surface area contributed by atoms with Crippen molar-refractivity contribution in [2.45, 2.75) is 19.8 Å². The van der Waals surface area contributed by atoms with Gasteiger partial charge < -0.3 is 4.90 Å². The number of nitrogens with one attached hydrogen (secondary N) is 1. The predicted octanol–water partition coefficient (Wildman–Crippen LogP) is 0.267. The van der Waals surface area contributed by atoms with Crippen molar-refractivity contribution in [3.8, 4) is 0 Å². The molecule has 1 fully saturated rings. The molecule has 0 saturated carbocycles. The van der Waals surface area contributed by atoms with E-state index in [0.717, 1.165) is 19.5 Å². The second kappa shape index (κ2) is 5.09. The normalized spacial score (nSPS) is 25.1. The van der Waals surface area contributed by atoms with Gasteiger partial charge in [-0.05, 0) is 39.3 Å². The lowest BCUT2D eigenvalue weighted by Crippen LogP contribution is -2.39. The first-order valence-corrected chi connectivity index (χ1v) is 6.84. The Labute approximate surface area is 86.7 Å². The van der Waals surface area contributed by atoms with E-state index in [2.05, 4.69) is 16.7 Å². The number of sulfonamides is 1. The molecule has 1 aliphatic rings. The van der Waals surface area contributed by atoms with Gasteiger partial charge in [-0.2, -0.15) is 0 Å². The second-order valence-corrected chi connectivity index (χ2v) is 6.12. The first-order valence-electron chi connectivity index (χ1n) is 5.19. The molecule has 1 N–H and O–H groups in total. The Balaban J connectivity index is 2.31. The van der Waals surface area contributed by atoms with Crippen molar-refractivity contribution in [3.63, 3.8) is 0 Å². The molecule has 4 nitrogen and oxygen atoms in total. The zero-order valence-corrected chi connectivity index (χ0v) is 9.81. The molecule has 14 heavy (non-hydrogen) atoms. The number of likely N-dealkylation sites (tertiary alicyclic amines) is 1. The van der Waals surface area contributed by atoms with Gasteiger partial charge in [0.1, 0.15) is 0 Å². The predicted molar refractivity (Wildman–Crippen MR) is 57.7 cm³/mol. The number of hydrogen-bond donors (Lipinski definition) is 1. The minimum atomic E-state index is -3.00. The van der Waals surface area contributed by atoms with E-state index in [1.165, 1.54) is 6.42 Å². The average molecular weight is 220 g/mol. The van der Waals surface area contributed by atoms with Crippen LogP contribution in [0, 0.1) is 5.92 Å². The van der Waals surface area contributed by atoms with Crippen molar-refractivity contribution >= 4 is 10.0 Å². The molecule has 84 valence electrons. The Hall–Kier alpha value is -0.130. The highest BCUT2D eigenvalue weighted by molar-refractivity contribution is 7.89. The monoisotopic (exact) mass is 220 g/mol. The fourth-order valence-corrected chi connectivity index (χ4v) is 2.48. The summed E-state index contributed by atoms with van der Waals surface area (Å²) in [6.45, 7) is 4.40.